The molecule has 0 radical (unpaired) electrons. The van der Waals surface area contributed by atoms with Crippen molar-refractivity contribution in [1.29, 1.82) is 0 Å². The van der Waals surface area contributed by atoms with E-state index in [2.05, 4.69) is 34.9 Å². The summed E-state index contributed by atoms with van der Waals surface area (Å²) in [6.07, 6.45) is -0.638. The van der Waals surface area contributed by atoms with Crippen LogP contribution in [-0.4, -0.2) is 41.8 Å². The molecule has 0 aliphatic heterocycles. The molecule has 0 fully saturated rings. The maximum atomic E-state index is 12.7. The quantitative estimate of drug-likeness (QED) is 0.529. The maximum Gasteiger partial charge on any atom is 0.407 e. The molecule has 34 heavy (non-hydrogen) atoms. The number of carboxylic acid groups (broad SMARTS) is 1. The number of amides is 2. The van der Waals surface area contributed by atoms with E-state index in [4.69, 9.17) is 4.74 Å². The SMILES string of the molecule is CC(C)[C@@H](CC(=O)N[C@@H](C(=O)O)C(C)(C)C)NC(=O)OCC1c2ccccc2-c2ccccc21. The first kappa shape index (κ1) is 25.3. The number of carbonyl (C=O) groups excluding carboxylic acids is 2. The summed E-state index contributed by atoms with van der Waals surface area (Å²) in [7, 11) is 0. The molecule has 0 saturated heterocycles. The molecule has 2 amide bonds. The van der Waals surface area contributed by atoms with E-state index in [0.29, 0.717) is 0 Å². The lowest BCUT2D eigenvalue weighted by molar-refractivity contribution is -0.145. The summed E-state index contributed by atoms with van der Waals surface area (Å²) in [5.74, 6) is -1.63. The van der Waals surface area contributed by atoms with Crippen LogP contribution in [0.25, 0.3) is 11.1 Å². The predicted octanol–water partition coefficient (Wildman–Crippen LogP) is 4.56. The lowest BCUT2D eigenvalue weighted by Gasteiger charge is -2.29. The standard InChI is InChI=1S/C27H34N2O5/c1-16(2)22(14-23(30)29-24(25(31)32)27(3,4)5)28-26(33)34-15-21-19-12-8-6-10-17(19)18-11-7-9-13-20(18)21/h6-13,16,21-22,24H,14-15H2,1-5H3,(H,28,33)(H,29,30)(H,31,32)/t22-,24+/m1/s1. The number of rotatable bonds is 8. The molecule has 7 nitrogen and oxygen atoms in total. The molecule has 1 aliphatic carbocycles. The predicted molar refractivity (Wildman–Crippen MR) is 130 cm³/mol. The largest absolute Gasteiger partial charge is 0.480 e. The molecule has 0 aromatic heterocycles. The van der Waals surface area contributed by atoms with Gasteiger partial charge in [0, 0.05) is 18.4 Å². The van der Waals surface area contributed by atoms with Crippen molar-refractivity contribution in [2.75, 3.05) is 6.61 Å². The molecule has 182 valence electrons. The number of aliphatic carboxylic acids is 1. The number of hydrogen-bond acceptors (Lipinski definition) is 4. The van der Waals surface area contributed by atoms with Crippen molar-refractivity contribution in [3.05, 3.63) is 59.7 Å². The van der Waals surface area contributed by atoms with E-state index in [9.17, 15) is 19.5 Å². The minimum absolute atomic E-state index is 0.0400. The van der Waals surface area contributed by atoms with E-state index in [1.54, 1.807) is 20.8 Å². The van der Waals surface area contributed by atoms with Crippen molar-refractivity contribution in [3.8, 4) is 11.1 Å². The Bertz CT molecular complexity index is 1010. The van der Waals surface area contributed by atoms with Gasteiger partial charge >= 0.3 is 12.1 Å². The van der Waals surface area contributed by atoms with Gasteiger partial charge in [0.15, 0.2) is 0 Å². The van der Waals surface area contributed by atoms with E-state index in [0.717, 1.165) is 22.3 Å². The highest BCUT2D eigenvalue weighted by molar-refractivity contribution is 5.85. The van der Waals surface area contributed by atoms with Gasteiger partial charge in [-0.1, -0.05) is 83.1 Å². The average Bonchev–Trinajstić information content (AvgIpc) is 3.08. The summed E-state index contributed by atoms with van der Waals surface area (Å²) in [5.41, 5.74) is 3.90. The molecule has 0 spiro atoms. The highest BCUT2D eigenvalue weighted by Crippen LogP contribution is 2.44. The molecule has 1 aliphatic rings. The van der Waals surface area contributed by atoms with Crippen LogP contribution in [0.4, 0.5) is 4.79 Å². The van der Waals surface area contributed by atoms with Gasteiger partial charge < -0.3 is 20.5 Å². The summed E-state index contributed by atoms with van der Waals surface area (Å²) in [5, 5.41) is 14.8. The molecular formula is C27H34N2O5. The fourth-order valence-corrected chi connectivity index (χ4v) is 4.31. The molecule has 2 aromatic rings. The van der Waals surface area contributed by atoms with Gasteiger partial charge in [-0.3, -0.25) is 4.79 Å². The zero-order chi connectivity index (χ0) is 25.0. The van der Waals surface area contributed by atoms with E-state index in [-0.39, 0.29) is 24.9 Å². The third kappa shape index (κ3) is 5.76. The molecule has 2 atom stereocenters. The Labute approximate surface area is 200 Å². The molecule has 3 rings (SSSR count). The number of benzene rings is 2. The van der Waals surface area contributed by atoms with Gasteiger partial charge in [-0.05, 0) is 33.6 Å². The first-order valence-electron chi connectivity index (χ1n) is 11.6. The fourth-order valence-electron chi connectivity index (χ4n) is 4.31. The molecule has 7 heteroatoms. The Balaban J connectivity index is 1.62. The van der Waals surface area contributed by atoms with Crippen molar-refractivity contribution in [2.24, 2.45) is 11.3 Å². The number of carbonyl (C=O) groups is 3. The van der Waals surface area contributed by atoms with Crippen LogP contribution in [-0.2, 0) is 14.3 Å². The monoisotopic (exact) mass is 466 g/mol. The molecular weight excluding hydrogens is 432 g/mol. The average molecular weight is 467 g/mol. The zero-order valence-corrected chi connectivity index (χ0v) is 20.4. The first-order chi connectivity index (χ1) is 16.0. The highest BCUT2D eigenvalue weighted by Gasteiger charge is 2.34. The number of fused-ring (bicyclic) bond motifs is 3. The van der Waals surface area contributed by atoms with Crippen molar-refractivity contribution in [1.82, 2.24) is 10.6 Å². The van der Waals surface area contributed by atoms with E-state index < -0.39 is 35.5 Å². The van der Waals surface area contributed by atoms with E-state index in [1.807, 2.05) is 38.1 Å². The van der Waals surface area contributed by atoms with E-state index in [1.165, 1.54) is 0 Å². The second-order valence-corrected chi connectivity index (χ2v) is 10.2. The fraction of sp³-hybridized carbons (Fsp3) is 0.444. The lowest BCUT2D eigenvalue weighted by atomic mass is 9.86. The second-order valence-electron chi connectivity index (χ2n) is 10.2. The van der Waals surface area contributed by atoms with Crippen LogP contribution >= 0.6 is 0 Å². The Morgan fingerprint density at radius 3 is 1.94 bits per heavy atom. The topological polar surface area (TPSA) is 105 Å². The van der Waals surface area contributed by atoms with Crippen LogP contribution in [0.1, 0.15) is 58.1 Å². The van der Waals surface area contributed by atoms with Gasteiger partial charge in [-0.25, -0.2) is 9.59 Å². The number of carboxylic acids is 1. The Morgan fingerprint density at radius 2 is 1.47 bits per heavy atom. The van der Waals surface area contributed by atoms with Crippen LogP contribution in [0, 0.1) is 11.3 Å². The van der Waals surface area contributed by atoms with E-state index >= 15 is 0 Å². The molecule has 0 unspecified atom stereocenters. The van der Waals surface area contributed by atoms with Crippen LogP contribution in [0.3, 0.4) is 0 Å². The summed E-state index contributed by atoms with van der Waals surface area (Å²) >= 11 is 0. The third-order valence-electron chi connectivity index (χ3n) is 6.28. The van der Waals surface area contributed by atoms with Crippen LogP contribution in [0.15, 0.2) is 48.5 Å². The van der Waals surface area contributed by atoms with Gasteiger partial charge in [0.25, 0.3) is 0 Å². The van der Waals surface area contributed by atoms with Crippen LogP contribution in [0.2, 0.25) is 0 Å². The highest BCUT2D eigenvalue weighted by atomic mass is 16.5. The van der Waals surface area contributed by atoms with Crippen molar-refractivity contribution < 1.29 is 24.2 Å². The summed E-state index contributed by atoms with van der Waals surface area (Å²) in [6, 6.07) is 14.7. The summed E-state index contributed by atoms with van der Waals surface area (Å²) < 4.78 is 5.60. The minimum atomic E-state index is -1.09. The minimum Gasteiger partial charge on any atom is -0.480 e. The third-order valence-corrected chi connectivity index (χ3v) is 6.28. The van der Waals surface area contributed by atoms with Crippen molar-refractivity contribution >= 4 is 18.0 Å². The molecule has 0 saturated carbocycles. The molecule has 3 N–H and O–H groups in total. The lowest BCUT2D eigenvalue weighted by Crippen LogP contribution is -2.51. The Hall–Kier alpha value is -3.35. The smallest absolute Gasteiger partial charge is 0.407 e. The zero-order valence-electron chi connectivity index (χ0n) is 20.4. The maximum absolute atomic E-state index is 12.7. The normalized spacial score (nSPS) is 14.6. The number of alkyl carbamates (subject to hydrolysis) is 1. The Morgan fingerprint density at radius 1 is 0.941 bits per heavy atom. The number of hydrogen-bond donors (Lipinski definition) is 3. The number of nitrogens with one attached hydrogen (secondary N) is 2. The molecule has 0 bridgehead atoms. The molecule has 2 aromatic carbocycles. The second kappa shape index (κ2) is 10.3. The number of ether oxygens (including phenoxy) is 1. The summed E-state index contributed by atoms with van der Waals surface area (Å²) in [6.45, 7) is 9.21. The van der Waals surface area contributed by atoms with Crippen LogP contribution in [0.5, 0.6) is 0 Å². The summed E-state index contributed by atoms with van der Waals surface area (Å²) in [4.78, 5) is 36.8. The van der Waals surface area contributed by atoms with Crippen LogP contribution < -0.4 is 10.6 Å². The van der Waals surface area contributed by atoms with Gasteiger partial charge in [0.1, 0.15) is 12.6 Å². The van der Waals surface area contributed by atoms with Gasteiger partial charge in [-0.15, -0.1) is 0 Å². The van der Waals surface area contributed by atoms with Gasteiger partial charge in [0.05, 0.1) is 0 Å². The van der Waals surface area contributed by atoms with Gasteiger partial charge in [-0.2, -0.15) is 0 Å². The van der Waals surface area contributed by atoms with Gasteiger partial charge in [0.2, 0.25) is 5.91 Å². The van der Waals surface area contributed by atoms with Crippen molar-refractivity contribution in [3.63, 3.8) is 0 Å². The first-order valence-corrected chi connectivity index (χ1v) is 11.6. The molecule has 0 heterocycles. The van der Waals surface area contributed by atoms with Crippen molar-refractivity contribution in [2.45, 2.75) is 59.0 Å². The Kier molecular flexibility index (Phi) is 7.64.